The minimum atomic E-state index is 0.466. The molecule has 1 aliphatic carbocycles. The first kappa shape index (κ1) is 10.8. The van der Waals surface area contributed by atoms with Crippen molar-refractivity contribution in [3.63, 3.8) is 0 Å². The largest absolute Gasteiger partial charge is 0.377 e. The van der Waals surface area contributed by atoms with Gasteiger partial charge in [-0.2, -0.15) is 0 Å². The Morgan fingerprint density at radius 3 is 3.24 bits per heavy atom. The van der Waals surface area contributed by atoms with E-state index in [1.165, 1.54) is 30.4 Å². The fraction of sp³-hybridized carbons (Fsp3) is 0.357. The Hall–Kier alpha value is -1.35. The Balaban J connectivity index is 1.86. The van der Waals surface area contributed by atoms with Gasteiger partial charge in [-0.15, -0.1) is 11.3 Å². The summed E-state index contributed by atoms with van der Waals surface area (Å²) in [6, 6.07) is 4.79. The molecule has 17 heavy (non-hydrogen) atoms. The molecule has 2 heterocycles. The van der Waals surface area contributed by atoms with Crippen molar-refractivity contribution >= 4 is 17.0 Å². The van der Waals surface area contributed by atoms with Crippen LogP contribution in [0.3, 0.4) is 0 Å². The number of aromatic nitrogens is 1. The standard InChI is InChI=1S/C14H16N2S/c1-10-5-7-15-9-13(10)16-12-3-2-4-14-11(12)6-8-17-14/h5-9,12,16H,2-4H2,1H3. The van der Waals surface area contributed by atoms with Crippen LogP contribution >= 0.6 is 11.3 Å². The number of hydrogen-bond donors (Lipinski definition) is 1. The molecule has 2 aromatic rings. The van der Waals surface area contributed by atoms with Gasteiger partial charge in [-0.05, 0) is 54.8 Å². The number of hydrogen-bond acceptors (Lipinski definition) is 3. The molecule has 2 aromatic heterocycles. The van der Waals surface area contributed by atoms with Crippen molar-refractivity contribution in [3.05, 3.63) is 45.9 Å². The Morgan fingerprint density at radius 2 is 2.35 bits per heavy atom. The molecule has 0 spiro atoms. The molecule has 1 N–H and O–H groups in total. The zero-order chi connectivity index (χ0) is 11.7. The van der Waals surface area contributed by atoms with Gasteiger partial charge in [-0.25, -0.2) is 0 Å². The Morgan fingerprint density at radius 1 is 1.41 bits per heavy atom. The average molecular weight is 244 g/mol. The number of aryl methyl sites for hydroxylation is 2. The maximum Gasteiger partial charge on any atom is 0.0561 e. The van der Waals surface area contributed by atoms with Crippen LogP contribution in [0.4, 0.5) is 5.69 Å². The zero-order valence-electron chi connectivity index (χ0n) is 9.94. The van der Waals surface area contributed by atoms with Gasteiger partial charge in [0.1, 0.15) is 0 Å². The van der Waals surface area contributed by atoms with Crippen LogP contribution in [-0.2, 0) is 6.42 Å². The summed E-state index contributed by atoms with van der Waals surface area (Å²) in [5.41, 5.74) is 3.92. The SMILES string of the molecule is Cc1ccncc1NC1CCCc2sccc21. The van der Waals surface area contributed by atoms with Gasteiger partial charge in [0.05, 0.1) is 17.9 Å². The smallest absolute Gasteiger partial charge is 0.0561 e. The van der Waals surface area contributed by atoms with E-state index in [0.29, 0.717) is 6.04 Å². The predicted octanol–water partition coefficient (Wildman–Crippen LogP) is 3.94. The van der Waals surface area contributed by atoms with Gasteiger partial charge in [-0.3, -0.25) is 4.98 Å². The molecular formula is C14H16N2S. The topological polar surface area (TPSA) is 24.9 Å². The molecule has 1 atom stereocenters. The van der Waals surface area contributed by atoms with Crippen molar-refractivity contribution in [2.75, 3.05) is 5.32 Å². The quantitative estimate of drug-likeness (QED) is 0.865. The van der Waals surface area contributed by atoms with E-state index >= 15 is 0 Å². The molecular weight excluding hydrogens is 228 g/mol. The summed E-state index contributed by atoms with van der Waals surface area (Å²) in [6.45, 7) is 2.13. The molecule has 3 heteroatoms. The van der Waals surface area contributed by atoms with E-state index in [-0.39, 0.29) is 0 Å². The first-order valence-corrected chi connectivity index (χ1v) is 6.96. The molecule has 0 saturated carbocycles. The second-order valence-corrected chi connectivity index (χ2v) is 5.58. The van der Waals surface area contributed by atoms with Crippen LogP contribution in [-0.4, -0.2) is 4.98 Å². The van der Waals surface area contributed by atoms with E-state index in [0.717, 1.165) is 5.69 Å². The third-order valence-corrected chi connectivity index (χ3v) is 4.42. The normalized spacial score (nSPS) is 18.8. The van der Waals surface area contributed by atoms with Crippen molar-refractivity contribution in [1.82, 2.24) is 4.98 Å². The summed E-state index contributed by atoms with van der Waals surface area (Å²) in [4.78, 5) is 5.75. The monoisotopic (exact) mass is 244 g/mol. The van der Waals surface area contributed by atoms with Gasteiger partial charge >= 0.3 is 0 Å². The zero-order valence-corrected chi connectivity index (χ0v) is 10.8. The molecule has 1 aliphatic rings. The van der Waals surface area contributed by atoms with Crippen molar-refractivity contribution in [2.24, 2.45) is 0 Å². The van der Waals surface area contributed by atoms with Crippen molar-refractivity contribution in [3.8, 4) is 0 Å². The Kier molecular flexibility index (Phi) is 2.85. The van der Waals surface area contributed by atoms with Crippen LogP contribution in [0.15, 0.2) is 29.9 Å². The first-order valence-electron chi connectivity index (χ1n) is 6.08. The molecule has 0 fully saturated rings. The molecule has 0 amide bonds. The van der Waals surface area contributed by atoms with Crippen molar-refractivity contribution in [1.29, 1.82) is 0 Å². The minimum absolute atomic E-state index is 0.466. The van der Waals surface area contributed by atoms with Crippen LogP contribution in [0, 0.1) is 6.92 Å². The van der Waals surface area contributed by atoms with Gasteiger partial charge in [0.25, 0.3) is 0 Å². The highest BCUT2D eigenvalue weighted by Crippen LogP contribution is 2.35. The Labute approximate surface area is 106 Å². The lowest BCUT2D eigenvalue weighted by Gasteiger charge is -2.25. The fourth-order valence-electron chi connectivity index (χ4n) is 2.44. The average Bonchev–Trinajstić information content (AvgIpc) is 2.81. The summed E-state index contributed by atoms with van der Waals surface area (Å²) in [5.74, 6) is 0. The highest BCUT2D eigenvalue weighted by molar-refractivity contribution is 7.10. The van der Waals surface area contributed by atoms with E-state index in [4.69, 9.17) is 0 Å². The predicted molar refractivity (Wildman–Crippen MR) is 72.6 cm³/mol. The van der Waals surface area contributed by atoms with E-state index in [9.17, 15) is 0 Å². The first-order chi connectivity index (χ1) is 8.34. The molecule has 0 saturated heterocycles. The van der Waals surface area contributed by atoms with Gasteiger partial charge in [0.2, 0.25) is 0 Å². The van der Waals surface area contributed by atoms with Crippen LogP contribution < -0.4 is 5.32 Å². The summed E-state index contributed by atoms with van der Waals surface area (Å²) < 4.78 is 0. The van der Waals surface area contributed by atoms with Crippen LogP contribution in [0.5, 0.6) is 0 Å². The van der Waals surface area contributed by atoms with Crippen LogP contribution in [0.1, 0.15) is 34.9 Å². The summed E-state index contributed by atoms with van der Waals surface area (Å²) >= 11 is 1.89. The maximum absolute atomic E-state index is 4.19. The second kappa shape index (κ2) is 4.49. The number of nitrogens with zero attached hydrogens (tertiary/aromatic N) is 1. The molecule has 0 bridgehead atoms. The molecule has 0 radical (unpaired) electrons. The van der Waals surface area contributed by atoms with Gasteiger partial charge in [0, 0.05) is 11.1 Å². The lowest BCUT2D eigenvalue weighted by atomic mass is 9.94. The van der Waals surface area contributed by atoms with Crippen LogP contribution in [0.2, 0.25) is 0 Å². The lowest BCUT2D eigenvalue weighted by molar-refractivity contribution is 0.608. The maximum atomic E-state index is 4.19. The highest BCUT2D eigenvalue weighted by atomic mass is 32.1. The Bertz CT molecular complexity index is 518. The third-order valence-electron chi connectivity index (χ3n) is 3.42. The number of nitrogens with one attached hydrogen (secondary N) is 1. The molecule has 0 aromatic carbocycles. The number of fused-ring (bicyclic) bond motifs is 1. The van der Waals surface area contributed by atoms with Crippen molar-refractivity contribution < 1.29 is 0 Å². The third kappa shape index (κ3) is 2.07. The summed E-state index contributed by atoms with van der Waals surface area (Å²) in [7, 11) is 0. The number of pyridine rings is 1. The summed E-state index contributed by atoms with van der Waals surface area (Å²) in [6.07, 6.45) is 7.52. The van der Waals surface area contributed by atoms with Crippen molar-refractivity contribution in [2.45, 2.75) is 32.2 Å². The molecule has 2 nitrogen and oxygen atoms in total. The van der Waals surface area contributed by atoms with Gasteiger partial charge in [0.15, 0.2) is 0 Å². The van der Waals surface area contributed by atoms with E-state index in [1.54, 1.807) is 4.88 Å². The number of rotatable bonds is 2. The van der Waals surface area contributed by atoms with E-state index < -0.39 is 0 Å². The molecule has 88 valence electrons. The van der Waals surface area contributed by atoms with E-state index in [2.05, 4.69) is 34.7 Å². The lowest BCUT2D eigenvalue weighted by Crippen LogP contribution is -2.16. The van der Waals surface area contributed by atoms with Gasteiger partial charge < -0.3 is 5.32 Å². The van der Waals surface area contributed by atoms with Gasteiger partial charge in [-0.1, -0.05) is 0 Å². The fourth-order valence-corrected chi connectivity index (χ4v) is 3.43. The summed E-state index contributed by atoms with van der Waals surface area (Å²) in [5, 5.41) is 5.84. The number of anilines is 1. The molecule has 1 unspecified atom stereocenters. The molecule has 3 rings (SSSR count). The molecule has 0 aliphatic heterocycles. The minimum Gasteiger partial charge on any atom is -0.377 e. The van der Waals surface area contributed by atoms with Crippen LogP contribution in [0.25, 0.3) is 0 Å². The van der Waals surface area contributed by atoms with E-state index in [1.807, 2.05) is 23.7 Å². The highest BCUT2D eigenvalue weighted by Gasteiger charge is 2.21. The number of thiophene rings is 1. The second-order valence-electron chi connectivity index (χ2n) is 4.58.